The molecule has 3 heterocycles. The average molecular weight is 499 g/mol. The highest BCUT2D eigenvalue weighted by Gasteiger charge is 2.50. The molecule has 3 rings (SSSR count). The highest BCUT2D eigenvalue weighted by atomic mass is 32.2. The predicted octanol–water partition coefficient (Wildman–Crippen LogP) is -0.0588. The van der Waals surface area contributed by atoms with Crippen LogP contribution in [0.1, 0.15) is 32.5 Å². The molecule has 2 amide bonds. The third-order valence-electron chi connectivity index (χ3n) is 4.59. The van der Waals surface area contributed by atoms with Crippen LogP contribution in [0.3, 0.4) is 0 Å². The Kier molecular flexibility index (Phi) is 7.86. The van der Waals surface area contributed by atoms with Gasteiger partial charge in [0.2, 0.25) is 17.6 Å². The molecule has 4 N–H and O–H groups in total. The number of ether oxygens (including phenoxy) is 1. The van der Waals surface area contributed by atoms with Gasteiger partial charge in [0.15, 0.2) is 5.13 Å². The van der Waals surface area contributed by atoms with Gasteiger partial charge in [-0.1, -0.05) is 18.5 Å². The van der Waals surface area contributed by atoms with Gasteiger partial charge in [-0.05, 0) is 13.3 Å². The number of nitrogen functional groups attached to an aromatic ring is 1. The van der Waals surface area contributed by atoms with E-state index in [0.717, 1.165) is 18.0 Å². The molecule has 3 atom stereocenters. The molecule has 2 aliphatic rings. The summed E-state index contributed by atoms with van der Waals surface area (Å²) >= 11 is 2.04. The van der Waals surface area contributed by atoms with Crippen molar-refractivity contribution in [3.05, 3.63) is 17.6 Å². The molecule has 0 aliphatic carbocycles. The van der Waals surface area contributed by atoms with E-state index < -0.39 is 41.3 Å². The summed E-state index contributed by atoms with van der Waals surface area (Å²) < 4.78 is 9.00. The van der Waals surface area contributed by atoms with E-state index in [-0.39, 0.29) is 34.6 Å². The molecule has 0 bridgehead atoms. The van der Waals surface area contributed by atoms with Gasteiger partial charge in [-0.25, -0.2) is 9.59 Å². The third-order valence-corrected chi connectivity index (χ3v) is 6.45. The Hall–Kier alpha value is -3.20. The number of amides is 2. The van der Waals surface area contributed by atoms with Crippen LogP contribution in [-0.4, -0.2) is 78.7 Å². The fraction of sp³-hybridized carbons (Fsp3) is 0.500. The van der Waals surface area contributed by atoms with E-state index in [9.17, 15) is 19.2 Å². The highest BCUT2D eigenvalue weighted by molar-refractivity contribution is 8.00. The number of hydrogen-bond donors (Lipinski definition) is 3. The maximum absolute atomic E-state index is 12.9. The quantitative estimate of drug-likeness (QED) is 0.129. The topological polar surface area (TPSA) is 186 Å². The van der Waals surface area contributed by atoms with Gasteiger partial charge in [0.05, 0.1) is 12.2 Å². The number of nitrogens with one attached hydrogen (secondary N) is 1. The van der Waals surface area contributed by atoms with Crippen molar-refractivity contribution >= 4 is 57.9 Å². The summed E-state index contributed by atoms with van der Waals surface area (Å²) in [5.74, 6) is -3.00. The van der Waals surface area contributed by atoms with Gasteiger partial charge in [0, 0.05) is 23.5 Å². The molecule has 2 aliphatic heterocycles. The monoisotopic (exact) mass is 498 g/mol. The van der Waals surface area contributed by atoms with Crippen LogP contribution in [-0.2, 0) is 28.8 Å². The van der Waals surface area contributed by atoms with Crippen LogP contribution < -0.4 is 11.1 Å². The van der Waals surface area contributed by atoms with E-state index in [0.29, 0.717) is 6.42 Å². The number of esters is 1. The molecule has 0 aromatic carbocycles. The number of aliphatic carboxylic acids is 1. The number of β-lactam (4-membered cyclic amide) rings is 1. The molecule has 15 heteroatoms. The first-order valence-corrected chi connectivity index (χ1v) is 11.7. The van der Waals surface area contributed by atoms with Crippen LogP contribution in [0.2, 0.25) is 0 Å². The predicted molar refractivity (Wildman–Crippen MR) is 118 cm³/mol. The van der Waals surface area contributed by atoms with Crippen LogP contribution in [0.25, 0.3) is 0 Å². The zero-order chi connectivity index (χ0) is 24.1. The van der Waals surface area contributed by atoms with Gasteiger partial charge in [-0.2, -0.15) is 9.36 Å². The number of carboxylic acid groups (broad SMARTS) is 1. The van der Waals surface area contributed by atoms with Crippen molar-refractivity contribution < 1.29 is 33.9 Å². The lowest BCUT2D eigenvalue weighted by molar-refractivity contribution is -0.156. The summed E-state index contributed by atoms with van der Waals surface area (Å²) in [6.07, 6.45) is 1.72. The lowest BCUT2D eigenvalue weighted by Gasteiger charge is -2.46. The van der Waals surface area contributed by atoms with Gasteiger partial charge in [0.25, 0.3) is 11.8 Å². The third kappa shape index (κ3) is 5.60. The molecule has 1 fully saturated rings. The Labute approximate surface area is 196 Å². The lowest BCUT2D eigenvalue weighted by atomic mass is 10.1. The average Bonchev–Trinajstić information content (AvgIpc) is 3.22. The minimum atomic E-state index is -1.11. The fourth-order valence-electron chi connectivity index (χ4n) is 2.76. The minimum Gasteiger partial charge on any atom is -0.478 e. The smallest absolute Gasteiger partial charge is 0.349 e. The molecular weight excluding hydrogens is 476 g/mol. The zero-order valence-electron chi connectivity index (χ0n) is 17.7. The Morgan fingerprint density at radius 2 is 2.21 bits per heavy atom. The van der Waals surface area contributed by atoms with Gasteiger partial charge >= 0.3 is 11.9 Å². The first-order chi connectivity index (χ1) is 15.7. The normalized spacial score (nSPS) is 20.8. The number of aromatic nitrogens is 2. The molecule has 0 radical (unpaired) electrons. The number of unbranched alkanes of at least 4 members (excludes halogenated alkanes) is 1. The number of anilines is 1. The molecule has 0 spiro atoms. The Balaban J connectivity index is 1.70. The number of carbonyl (C=O) groups excluding carboxylic acids is 3. The van der Waals surface area contributed by atoms with Gasteiger partial charge in [0.1, 0.15) is 11.4 Å². The number of nitrogens with two attached hydrogens (primary N) is 1. The Bertz CT molecular complexity index is 1010. The summed E-state index contributed by atoms with van der Waals surface area (Å²) in [6, 6.07) is -0.910. The number of rotatable bonds is 10. The highest BCUT2D eigenvalue weighted by Crippen LogP contribution is 2.36. The van der Waals surface area contributed by atoms with Crippen LogP contribution in [0, 0.1) is 0 Å². The van der Waals surface area contributed by atoms with Crippen molar-refractivity contribution in [3.8, 4) is 0 Å². The Morgan fingerprint density at radius 3 is 2.85 bits per heavy atom. The molecular formula is C18H22N6O7S2. The van der Waals surface area contributed by atoms with Crippen molar-refractivity contribution in [1.29, 1.82) is 0 Å². The van der Waals surface area contributed by atoms with Crippen LogP contribution in [0.4, 0.5) is 5.13 Å². The second-order valence-corrected chi connectivity index (χ2v) is 8.91. The summed E-state index contributed by atoms with van der Waals surface area (Å²) in [5, 5.41) is 15.0. The number of fused-ring (bicyclic) bond motifs is 1. The van der Waals surface area contributed by atoms with Crippen molar-refractivity contribution in [1.82, 2.24) is 19.6 Å². The fourth-order valence-corrected chi connectivity index (χ4v) is 4.45. The van der Waals surface area contributed by atoms with E-state index in [1.807, 2.05) is 6.92 Å². The van der Waals surface area contributed by atoms with E-state index in [2.05, 4.69) is 19.8 Å². The molecule has 13 nitrogen and oxygen atoms in total. The molecule has 1 saturated heterocycles. The summed E-state index contributed by atoms with van der Waals surface area (Å²) in [4.78, 5) is 58.7. The first-order valence-electron chi connectivity index (χ1n) is 9.91. The standard InChI is InChI=1S/C18H22N6O7S2/c1-3-4-5-30-17(29)8(2)31-22-10(12-21-18(19)33-23-12)13(25)20-11-14(26)24-6-9(16(27)28)7-32-15(11)24/h6,8,11,15H,3-5,7H2,1-2H3,(H,20,25)(H,27,28)(H2,19,21,23)/t8?,11?,15-/m1/s1. The number of thioether (sulfide) groups is 1. The zero-order valence-corrected chi connectivity index (χ0v) is 19.4. The van der Waals surface area contributed by atoms with Gasteiger partial charge < -0.3 is 30.6 Å². The number of carboxylic acids is 1. The minimum absolute atomic E-state index is 0.0811. The molecule has 33 heavy (non-hydrogen) atoms. The largest absolute Gasteiger partial charge is 0.478 e. The van der Waals surface area contributed by atoms with Crippen molar-refractivity contribution in [2.45, 2.75) is 44.2 Å². The Morgan fingerprint density at radius 1 is 1.45 bits per heavy atom. The first kappa shape index (κ1) is 24.4. The van der Waals surface area contributed by atoms with E-state index in [1.165, 1.54) is 29.8 Å². The maximum Gasteiger partial charge on any atom is 0.349 e. The van der Waals surface area contributed by atoms with Crippen LogP contribution >= 0.6 is 23.3 Å². The second kappa shape index (κ2) is 10.6. The van der Waals surface area contributed by atoms with Crippen LogP contribution in [0.5, 0.6) is 0 Å². The van der Waals surface area contributed by atoms with E-state index in [4.69, 9.17) is 20.4 Å². The molecule has 0 saturated carbocycles. The summed E-state index contributed by atoms with van der Waals surface area (Å²) in [7, 11) is 0. The van der Waals surface area contributed by atoms with Crippen LogP contribution in [0.15, 0.2) is 16.9 Å². The van der Waals surface area contributed by atoms with E-state index in [1.54, 1.807) is 0 Å². The molecule has 2 unspecified atom stereocenters. The number of hydrogen-bond acceptors (Lipinski definition) is 12. The maximum atomic E-state index is 12.9. The second-order valence-electron chi connectivity index (χ2n) is 7.02. The van der Waals surface area contributed by atoms with Crippen molar-refractivity contribution in [2.75, 3.05) is 18.1 Å². The number of carbonyl (C=O) groups is 4. The van der Waals surface area contributed by atoms with Gasteiger partial charge in [-0.3, -0.25) is 9.59 Å². The van der Waals surface area contributed by atoms with E-state index >= 15 is 0 Å². The van der Waals surface area contributed by atoms with Crippen molar-refractivity contribution in [2.24, 2.45) is 5.16 Å². The molecule has 1 aromatic heterocycles. The molecule has 178 valence electrons. The number of oxime groups is 1. The molecule has 1 aromatic rings. The SMILES string of the molecule is CCCCOC(=O)C(C)ON=C(C(=O)NC1C(=O)N2C=C(C(=O)O)CS[C@H]12)c1nsc(N)n1. The lowest BCUT2D eigenvalue weighted by Crippen LogP contribution is -2.69. The summed E-state index contributed by atoms with van der Waals surface area (Å²) in [5.41, 5.74) is 5.32. The summed E-state index contributed by atoms with van der Waals surface area (Å²) in [6.45, 7) is 3.60. The van der Waals surface area contributed by atoms with Crippen molar-refractivity contribution in [3.63, 3.8) is 0 Å². The van der Waals surface area contributed by atoms with Gasteiger partial charge in [-0.15, -0.1) is 11.8 Å². The number of nitrogens with zero attached hydrogens (tertiary/aromatic N) is 4.